The molecule has 2 aromatic rings. The second-order valence-electron chi connectivity index (χ2n) is 4.94. The highest BCUT2D eigenvalue weighted by Gasteiger charge is 2.28. The fourth-order valence-electron chi connectivity index (χ4n) is 1.74. The van der Waals surface area contributed by atoms with E-state index in [0.29, 0.717) is 5.01 Å². The molecule has 0 aliphatic rings. The number of thiophene rings is 1. The number of amides is 3. The SMILES string of the molecule is CC(C)[C@@H](OC(=O)c1csc(-c2cccs2)n1)C(=O)NC(N)=O. The molecular formula is C14H15N3O4S2. The zero-order valence-electron chi connectivity index (χ0n) is 12.4. The van der Waals surface area contributed by atoms with Gasteiger partial charge in [0.1, 0.15) is 5.01 Å². The van der Waals surface area contributed by atoms with Gasteiger partial charge in [0.15, 0.2) is 11.8 Å². The monoisotopic (exact) mass is 353 g/mol. The lowest BCUT2D eigenvalue weighted by Gasteiger charge is -2.19. The molecule has 9 heteroatoms. The molecule has 0 fully saturated rings. The predicted molar refractivity (Wildman–Crippen MR) is 87.2 cm³/mol. The number of hydrogen-bond acceptors (Lipinski definition) is 7. The first kappa shape index (κ1) is 17.1. The summed E-state index contributed by atoms with van der Waals surface area (Å²) in [6.07, 6.45) is -1.12. The Balaban J connectivity index is 2.10. The Bertz CT molecular complexity index is 709. The van der Waals surface area contributed by atoms with E-state index < -0.39 is 24.0 Å². The second kappa shape index (κ2) is 7.34. The van der Waals surface area contributed by atoms with Crippen LogP contribution in [0.5, 0.6) is 0 Å². The summed E-state index contributed by atoms with van der Waals surface area (Å²) in [5.41, 5.74) is 5.03. The Morgan fingerprint density at radius 3 is 2.61 bits per heavy atom. The first-order chi connectivity index (χ1) is 10.9. The average molecular weight is 353 g/mol. The highest BCUT2D eigenvalue weighted by Crippen LogP contribution is 2.28. The molecule has 3 amide bonds. The molecule has 0 spiro atoms. The number of urea groups is 1. The summed E-state index contributed by atoms with van der Waals surface area (Å²) in [6, 6.07) is 2.79. The van der Waals surface area contributed by atoms with Crippen LogP contribution >= 0.6 is 22.7 Å². The zero-order valence-corrected chi connectivity index (χ0v) is 14.1. The number of hydrogen-bond donors (Lipinski definition) is 2. The standard InChI is InChI=1S/C14H15N3O4S2/c1-7(2)10(11(18)17-14(15)20)21-13(19)8-6-23-12(16-8)9-4-3-5-22-9/h3-7,10H,1-2H3,(H3,15,17,18,20)/t10-/m1/s1. The van der Waals surface area contributed by atoms with Crippen LogP contribution < -0.4 is 11.1 Å². The van der Waals surface area contributed by atoms with E-state index in [1.807, 2.05) is 22.8 Å². The van der Waals surface area contributed by atoms with Crippen molar-refractivity contribution >= 4 is 40.6 Å². The number of ether oxygens (including phenoxy) is 1. The Morgan fingerprint density at radius 2 is 2.04 bits per heavy atom. The lowest BCUT2D eigenvalue weighted by atomic mass is 10.1. The van der Waals surface area contributed by atoms with Crippen molar-refractivity contribution in [2.75, 3.05) is 0 Å². The van der Waals surface area contributed by atoms with Gasteiger partial charge in [-0.05, 0) is 17.4 Å². The Morgan fingerprint density at radius 1 is 1.30 bits per heavy atom. The Labute approximate surface area is 140 Å². The normalized spacial score (nSPS) is 12.0. The van der Waals surface area contributed by atoms with Gasteiger partial charge in [0, 0.05) is 5.38 Å². The molecule has 1 atom stereocenters. The number of carbonyl (C=O) groups excluding carboxylic acids is 3. The summed E-state index contributed by atoms with van der Waals surface area (Å²) in [7, 11) is 0. The lowest BCUT2D eigenvalue weighted by Crippen LogP contribution is -2.45. The predicted octanol–water partition coefficient (Wildman–Crippen LogP) is 2.25. The number of aromatic nitrogens is 1. The Hall–Kier alpha value is -2.26. The fourth-order valence-corrected chi connectivity index (χ4v) is 3.34. The van der Waals surface area contributed by atoms with Crippen molar-refractivity contribution in [3.63, 3.8) is 0 Å². The molecule has 0 radical (unpaired) electrons. The van der Waals surface area contributed by atoms with Crippen molar-refractivity contribution in [1.82, 2.24) is 10.3 Å². The number of esters is 1. The maximum Gasteiger partial charge on any atom is 0.358 e. The molecule has 23 heavy (non-hydrogen) atoms. The molecule has 2 heterocycles. The summed E-state index contributed by atoms with van der Waals surface area (Å²) in [6.45, 7) is 3.38. The topological polar surface area (TPSA) is 111 Å². The smallest absolute Gasteiger partial charge is 0.358 e. The minimum Gasteiger partial charge on any atom is -0.447 e. The molecule has 0 saturated heterocycles. The summed E-state index contributed by atoms with van der Waals surface area (Å²) < 4.78 is 5.18. The zero-order chi connectivity index (χ0) is 17.0. The summed E-state index contributed by atoms with van der Waals surface area (Å²) in [5.74, 6) is -1.80. The molecule has 0 unspecified atom stereocenters. The quantitative estimate of drug-likeness (QED) is 0.801. The van der Waals surface area contributed by atoms with E-state index in [4.69, 9.17) is 10.5 Å². The lowest BCUT2D eigenvalue weighted by molar-refractivity contribution is -0.130. The van der Waals surface area contributed by atoms with Crippen molar-refractivity contribution in [3.05, 3.63) is 28.6 Å². The average Bonchev–Trinajstić information content (AvgIpc) is 3.13. The molecular weight excluding hydrogens is 338 g/mol. The van der Waals surface area contributed by atoms with Gasteiger partial charge in [0.25, 0.3) is 5.91 Å². The van der Waals surface area contributed by atoms with Gasteiger partial charge >= 0.3 is 12.0 Å². The fraction of sp³-hybridized carbons (Fsp3) is 0.286. The van der Waals surface area contributed by atoms with Crippen LogP contribution in [-0.2, 0) is 9.53 Å². The number of nitrogens with two attached hydrogens (primary N) is 1. The summed E-state index contributed by atoms with van der Waals surface area (Å²) in [5, 5.41) is 6.10. The van der Waals surface area contributed by atoms with Crippen molar-refractivity contribution in [1.29, 1.82) is 0 Å². The van der Waals surface area contributed by atoms with Gasteiger partial charge < -0.3 is 10.5 Å². The van der Waals surface area contributed by atoms with Crippen LogP contribution in [0.2, 0.25) is 0 Å². The number of primary amides is 1. The van der Waals surface area contributed by atoms with Gasteiger partial charge in [0.05, 0.1) is 4.88 Å². The van der Waals surface area contributed by atoms with Gasteiger partial charge in [-0.25, -0.2) is 14.6 Å². The second-order valence-corrected chi connectivity index (χ2v) is 6.74. The molecule has 0 bridgehead atoms. The molecule has 2 rings (SSSR count). The molecule has 2 aromatic heterocycles. The van der Waals surface area contributed by atoms with E-state index in [9.17, 15) is 14.4 Å². The molecule has 0 aliphatic heterocycles. The van der Waals surface area contributed by atoms with Gasteiger partial charge in [-0.15, -0.1) is 22.7 Å². The Kier molecular flexibility index (Phi) is 5.45. The van der Waals surface area contributed by atoms with Crippen molar-refractivity contribution in [2.45, 2.75) is 20.0 Å². The minimum absolute atomic E-state index is 0.121. The van der Waals surface area contributed by atoms with E-state index >= 15 is 0 Å². The van der Waals surface area contributed by atoms with Crippen molar-refractivity contribution in [2.24, 2.45) is 11.7 Å². The van der Waals surface area contributed by atoms with E-state index in [-0.39, 0.29) is 11.6 Å². The highest BCUT2D eigenvalue weighted by molar-refractivity contribution is 7.20. The number of nitrogens with one attached hydrogen (secondary N) is 1. The first-order valence-corrected chi connectivity index (χ1v) is 8.45. The van der Waals surface area contributed by atoms with E-state index in [0.717, 1.165) is 4.88 Å². The third-order valence-electron chi connectivity index (χ3n) is 2.79. The van der Waals surface area contributed by atoms with Gasteiger partial charge in [-0.2, -0.15) is 0 Å². The first-order valence-electron chi connectivity index (χ1n) is 6.69. The van der Waals surface area contributed by atoms with Crippen LogP contribution in [0.15, 0.2) is 22.9 Å². The van der Waals surface area contributed by atoms with E-state index in [2.05, 4.69) is 4.98 Å². The number of imide groups is 1. The number of carbonyl (C=O) groups is 3. The maximum atomic E-state index is 12.2. The van der Waals surface area contributed by atoms with Crippen LogP contribution in [0, 0.1) is 5.92 Å². The van der Waals surface area contributed by atoms with Crippen LogP contribution in [0.3, 0.4) is 0 Å². The van der Waals surface area contributed by atoms with E-state index in [1.54, 1.807) is 19.2 Å². The number of nitrogens with zero attached hydrogens (tertiary/aromatic N) is 1. The molecule has 7 nitrogen and oxygen atoms in total. The van der Waals surface area contributed by atoms with Crippen LogP contribution in [0.1, 0.15) is 24.3 Å². The third kappa shape index (κ3) is 4.36. The molecule has 0 aliphatic carbocycles. The van der Waals surface area contributed by atoms with Crippen molar-refractivity contribution in [3.8, 4) is 9.88 Å². The molecule has 122 valence electrons. The summed E-state index contributed by atoms with van der Waals surface area (Å²) in [4.78, 5) is 39.9. The largest absolute Gasteiger partial charge is 0.447 e. The highest BCUT2D eigenvalue weighted by atomic mass is 32.1. The molecule has 3 N–H and O–H groups in total. The molecule has 0 aromatic carbocycles. The van der Waals surface area contributed by atoms with Crippen LogP contribution in [-0.4, -0.2) is 29.0 Å². The van der Waals surface area contributed by atoms with Gasteiger partial charge in [0.2, 0.25) is 0 Å². The third-order valence-corrected chi connectivity index (χ3v) is 4.67. The van der Waals surface area contributed by atoms with Crippen LogP contribution in [0.25, 0.3) is 9.88 Å². The summed E-state index contributed by atoms with van der Waals surface area (Å²) >= 11 is 2.83. The maximum absolute atomic E-state index is 12.2. The van der Waals surface area contributed by atoms with Gasteiger partial charge in [-0.1, -0.05) is 19.9 Å². The van der Waals surface area contributed by atoms with Crippen molar-refractivity contribution < 1.29 is 19.1 Å². The number of rotatable bonds is 5. The van der Waals surface area contributed by atoms with E-state index in [1.165, 1.54) is 22.7 Å². The number of thiazole rings is 1. The van der Waals surface area contributed by atoms with Gasteiger partial charge in [-0.3, -0.25) is 10.1 Å². The minimum atomic E-state index is -1.12. The molecule has 0 saturated carbocycles. The van der Waals surface area contributed by atoms with Crippen LogP contribution in [0.4, 0.5) is 4.79 Å².